The van der Waals surface area contributed by atoms with Gasteiger partial charge < -0.3 is 29.1 Å². The van der Waals surface area contributed by atoms with Crippen molar-refractivity contribution in [1.82, 2.24) is 15.3 Å². The summed E-state index contributed by atoms with van der Waals surface area (Å²) in [5.41, 5.74) is 5.09. The molecule has 0 radical (unpaired) electrons. The van der Waals surface area contributed by atoms with Crippen molar-refractivity contribution in [3.8, 4) is 0 Å². The molecule has 236 valence electrons. The van der Waals surface area contributed by atoms with Crippen molar-refractivity contribution in [1.29, 1.82) is 0 Å². The lowest BCUT2D eigenvalue weighted by Gasteiger charge is -2.48. The lowest BCUT2D eigenvalue weighted by molar-refractivity contribution is 0.0336. The number of hydrogen-bond donors (Lipinski definition) is 2. The van der Waals surface area contributed by atoms with Crippen molar-refractivity contribution >= 4 is 36.9 Å². The van der Waals surface area contributed by atoms with E-state index in [9.17, 15) is 4.79 Å². The minimum absolute atomic E-state index is 0.0476. The van der Waals surface area contributed by atoms with Gasteiger partial charge in [-0.3, -0.25) is 4.98 Å². The maximum Gasteiger partial charge on any atom is 0.408 e. The van der Waals surface area contributed by atoms with Crippen LogP contribution in [0, 0.1) is 5.92 Å². The van der Waals surface area contributed by atoms with Crippen LogP contribution in [0.3, 0.4) is 0 Å². The van der Waals surface area contributed by atoms with Crippen LogP contribution in [0.5, 0.6) is 0 Å². The number of rotatable bonds is 8. The van der Waals surface area contributed by atoms with Gasteiger partial charge in [0.25, 0.3) is 0 Å². The first-order valence-electron chi connectivity index (χ1n) is 15.4. The highest BCUT2D eigenvalue weighted by Gasteiger charge is 2.45. The zero-order valence-corrected chi connectivity index (χ0v) is 28.9. The highest BCUT2D eigenvalue weighted by atomic mass is 28.4. The van der Waals surface area contributed by atoms with Gasteiger partial charge in [0.1, 0.15) is 11.1 Å². The van der Waals surface area contributed by atoms with Gasteiger partial charge in [0.05, 0.1) is 48.2 Å². The molecule has 3 aromatic heterocycles. The number of carbonyl (C=O) groups excluding carboxylic acids is 1. The monoisotopic (exact) mass is 609 g/mol. The molecule has 1 fully saturated rings. The van der Waals surface area contributed by atoms with Crippen molar-refractivity contribution in [3.63, 3.8) is 0 Å². The Hall–Kier alpha value is -3.11. The topological polar surface area (TPSA) is 102 Å². The third-order valence-electron chi connectivity index (χ3n) is 8.54. The van der Waals surface area contributed by atoms with Gasteiger partial charge in [0.15, 0.2) is 13.9 Å². The smallest absolute Gasteiger partial charge is 0.408 e. The summed E-state index contributed by atoms with van der Waals surface area (Å²) in [6, 6.07) is 5.74. The van der Waals surface area contributed by atoms with Gasteiger partial charge in [0.2, 0.25) is 0 Å². The number of amides is 1. The number of hydrogen-bond acceptors (Lipinski definition) is 8. The molecule has 1 saturated heterocycles. The van der Waals surface area contributed by atoms with E-state index in [4.69, 9.17) is 18.6 Å². The van der Waals surface area contributed by atoms with E-state index < -0.39 is 20.0 Å². The van der Waals surface area contributed by atoms with E-state index in [0.717, 1.165) is 40.3 Å². The Morgan fingerprint density at radius 3 is 2.51 bits per heavy atom. The molecule has 0 unspecified atom stereocenters. The summed E-state index contributed by atoms with van der Waals surface area (Å²) < 4.78 is 18.4. The molecule has 0 aromatic carbocycles. The Bertz CT molecular complexity index is 1410. The predicted molar refractivity (Wildman–Crippen MR) is 176 cm³/mol. The van der Waals surface area contributed by atoms with Crippen LogP contribution in [0.15, 0.2) is 41.3 Å². The molecule has 0 spiro atoms. The van der Waals surface area contributed by atoms with Crippen LogP contribution in [-0.2, 0) is 15.7 Å². The first-order chi connectivity index (χ1) is 19.9. The summed E-state index contributed by atoms with van der Waals surface area (Å²) in [6.45, 7) is 25.3. The summed E-state index contributed by atoms with van der Waals surface area (Å²) in [7, 11) is -2.11. The van der Waals surface area contributed by atoms with Crippen LogP contribution in [0.4, 0.5) is 16.2 Å². The number of fused-ring (bicyclic) bond motifs is 1. The Morgan fingerprint density at radius 1 is 1.14 bits per heavy atom. The number of nitrogens with one attached hydrogen (secondary N) is 2. The van der Waals surface area contributed by atoms with Crippen LogP contribution in [0.25, 0.3) is 11.1 Å². The maximum absolute atomic E-state index is 13.0. The summed E-state index contributed by atoms with van der Waals surface area (Å²) in [5, 5.41) is 6.79. The molecule has 1 aliphatic heterocycles. The zero-order valence-electron chi connectivity index (χ0n) is 27.9. The van der Waals surface area contributed by atoms with Gasteiger partial charge in [0, 0.05) is 30.8 Å². The Morgan fingerprint density at radius 2 is 1.86 bits per heavy atom. The minimum Gasteiger partial charge on any atom is -0.462 e. The van der Waals surface area contributed by atoms with Gasteiger partial charge >= 0.3 is 6.09 Å². The van der Waals surface area contributed by atoms with Crippen molar-refractivity contribution in [2.75, 3.05) is 23.3 Å². The van der Waals surface area contributed by atoms with Crippen molar-refractivity contribution in [2.45, 2.75) is 111 Å². The van der Waals surface area contributed by atoms with E-state index in [1.54, 1.807) is 6.26 Å². The zero-order chi connectivity index (χ0) is 31.7. The van der Waals surface area contributed by atoms with Gasteiger partial charge in [-0.15, -0.1) is 0 Å². The fourth-order valence-electron chi connectivity index (χ4n) is 5.23. The first kappa shape index (κ1) is 32.8. The van der Waals surface area contributed by atoms with Crippen molar-refractivity contribution in [3.05, 3.63) is 48.1 Å². The van der Waals surface area contributed by atoms with Crippen LogP contribution in [0.2, 0.25) is 18.1 Å². The van der Waals surface area contributed by atoms with Crippen LogP contribution in [-0.4, -0.2) is 55.2 Å². The van der Waals surface area contributed by atoms with Crippen molar-refractivity contribution < 1.29 is 18.4 Å². The molecular weight excluding hydrogens is 558 g/mol. The molecule has 0 saturated carbocycles. The Balaban J connectivity index is 1.57. The van der Waals surface area contributed by atoms with Gasteiger partial charge in [-0.25, -0.2) is 9.78 Å². The Labute approximate surface area is 258 Å². The summed E-state index contributed by atoms with van der Waals surface area (Å²) in [4.78, 5) is 24.6. The molecule has 3 atom stereocenters. The van der Waals surface area contributed by atoms with Crippen LogP contribution >= 0.6 is 0 Å². The second-order valence-electron chi connectivity index (χ2n) is 14.7. The molecule has 10 heteroatoms. The summed E-state index contributed by atoms with van der Waals surface area (Å²) in [5.74, 6) is 0.484. The van der Waals surface area contributed by atoms with E-state index in [2.05, 4.69) is 75.2 Å². The van der Waals surface area contributed by atoms with E-state index in [1.807, 2.05) is 51.4 Å². The highest BCUT2D eigenvalue weighted by molar-refractivity contribution is 6.74. The number of ether oxygens (including phenoxy) is 1. The minimum atomic E-state index is -2.11. The van der Waals surface area contributed by atoms with E-state index in [1.165, 1.54) is 0 Å². The number of furan rings is 1. The highest BCUT2D eigenvalue weighted by Crippen LogP contribution is 2.40. The third kappa shape index (κ3) is 7.89. The molecule has 2 N–H and O–H groups in total. The normalized spacial score (nSPS) is 20.0. The SMILES string of the molecule is CC(C)c1coc2ccc(CNc3cnccc3N3C[C@H](C)[C@@H](O[Si](C)(C)C(C)(C)C)[C@H](NC(=O)OC(C)(C)C)C3)nc12. The summed E-state index contributed by atoms with van der Waals surface area (Å²) >= 11 is 0. The molecular formula is C33H51N5O4Si. The van der Waals surface area contributed by atoms with Gasteiger partial charge in [-0.2, -0.15) is 0 Å². The fourth-order valence-corrected chi connectivity index (χ4v) is 6.66. The number of carbonyl (C=O) groups is 1. The number of anilines is 2. The number of piperidine rings is 1. The average Bonchev–Trinajstić information content (AvgIpc) is 3.31. The van der Waals surface area contributed by atoms with Crippen LogP contribution < -0.4 is 15.5 Å². The third-order valence-corrected chi connectivity index (χ3v) is 13.0. The molecule has 0 bridgehead atoms. The lowest BCUT2D eigenvalue weighted by atomic mass is 9.92. The van der Waals surface area contributed by atoms with Crippen LogP contribution in [0.1, 0.15) is 79.5 Å². The Kier molecular flexibility index (Phi) is 9.52. The van der Waals surface area contributed by atoms with E-state index in [0.29, 0.717) is 19.0 Å². The number of aromatic nitrogens is 2. The maximum atomic E-state index is 13.0. The second-order valence-corrected chi connectivity index (χ2v) is 19.5. The number of alkyl carbamates (subject to hydrolysis) is 1. The first-order valence-corrected chi connectivity index (χ1v) is 18.3. The van der Waals surface area contributed by atoms with E-state index in [-0.39, 0.29) is 23.1 Å². The largest absolute Gasteiger partial charge is 0.462 e. The number of nitrogens with zero attached hydrogens (tertiary/aromatic N) is 3. The molecule has 4 rings (SSSR count). The lowest BCUT2D eigenvalue weighted by Crippen LogP contribution is -2.62. The van der Waals surface area contributed by atoms with Gasteiger partial charge in [-0.1, -0.05) is 41.5 Å². The second kappa shape index (κ2) is 12.5. The molecule has 43 heavy (non-hydrogen) atoms. The average molecular weight is 610 g/mol. The molecule has 1 aliphatic rings. The van der Waals surface area contributed by atoms with Crippen molar-refractivity contribution in [2.24, 2.45) is 5.92 Å². The molecule has 4 heterocycles. The molecule has 1 amide bonds. The van der Waals surface area contributed by atoms with E-state index >= 15 is 0 Å². The quantitative estimate of drug-likeness (QED) is 0.251. The molecule has 3 aromatic rings. The predicted octanol–water partition coefficient (Wildman–Crippen LogP) is 7.70. The van der Waals surface area contributed by atoms with Gasteiger partial charge in [-0.05, 0) is 63.0 Å². The standard InChI is InChI=1S/C33H51N5O4Si/c1-21(2)24-20-40-28-13-12-23(36-29(24)28)16-35-25-17-34-15-14-27(25)38-18-22(3)30(42-43(10,11)33(7,8)9)26(19-38)37-31(39)41-32(4,5)6/h12-15,17,20-22,26,30,35H,16,18-19H2,1-11H3,(H,37,39)/t22-,26+,30+/m0/s1. The summed E-state index contributed by atoms with van der Waals surface area (Å²) in [6.07, 6.45) is 4.91. The molecule has 0 aliphatic carbocycles. The number of pyridine rings is 2. The fraction of sp³-hybridized carbons (Fsp3) is 0.606. The molecule has 9 nitrogen and oxygen atoms in total.